The van der Waals surface area contributed by atoms with Crippen molar-refractivity contribution in [2.75, 3.05) is 0 Å². The van der Waals surface area contributed by atoms with Gasteiger partial charge in [-0.05, 0) is 18.6 Å². The van der Waals surface area contributed by atoms with E-state index in [1.807, 2.05) is 0 Å². The maximum Gasteiger partial charge on any atom is 0.354 e. The fourth-order valence-electron chi connectivity index (χ4n) is 2.40. The lowest BCUT2D eigenvalue weighted by Crippen LogP contribution is -2.07. The van der Waals surface area contributed by atoms with Crippen LogP contribution in [0.5, 0.6) is 0 Å². The molecule has 2 aromatic heterocycles. The van der Waals surface area contributed by atoms with Crippen molar-refractivity contribution in [2.45, 2.75) is 13.3 Å². The van der Waals surface area contributed by atoms with Crippen molar-refractivity contribution < 1.29 is 23.6 Å². The van der Waals surface area contributed by atoms with Crippen LogP contribution in [0.25, 0.3) is 16.9 Å². The van der Waals surface area contributed by atoms with Gasteiger partial charge in [-0.15, -0.1) is 0 Å². The first-order valence-electron chi connectivity index (χ1n) is 7.09. The molecule has 0 aliphatic heterocycles. The Morgan fingerprint density at radius 3 is 2.64 bits per heavy atom. The summed E-state index contributed by atoms with van der Waals surface area (Å²) in [6, 6.07) is 3.98. The van der Waals surface area contributed by atoms with Gasteiger partial charge in [0.2, 0.25) is 0 Å². The van der Waals surface area contributed by atoms with Crippen LogP contribution in [0.3, 0.4) is 0 Å². The minimum atomic E-state index is -1.33. The summed E-state index contributed by atoms with van der Waals surface area (Å²) in [5, 5.41) is 23.7. The van der Waals surface area contributed by atoms with Crippen molar-refractivity contribution in [1.82, 2.24) is 14.6 Å². The molecule has 1 aromatic carbocycles. The molecule has 0 amide bonds. The molecule has 0 bridgehead atoms. The summed E-state index contributed by atoms with van der Waals surface area (Å²) in [6.45, 7) is 1.71. The summed E-state index contributed by atoms with van der Waals surface area (Å²) >= 11 is 0. The highest BCUT2D eigenvalue weighted by atomic mass is 19.1. The Morgan fingerprint density at radius 2 is 2.08 bits per heavy atom. The van der Waals surface area contributed by atoms with E-state index < -0.39 is 33.9 Å². The number of halogens is 2. The average molecular weight is 348 g/mol. The van der Waals surface area contributed by atoms with E-state index in [2.05, 4.69) is 10.1 Å². The Hall–Kier alpha value is -3.43. The molecule has 10 heteroatoms. The van der Waals surface area contributed by atoms with E-state index in [0.29, 0.717) is 18.2 Å². The van der Waals surface area contributed by atoms with E-state index in [0.717, 1.165) is 16.6 Å². The van der Waals surface area contributed by atoms with Gasteiger partial charge in [0.05, 0.1) is 11.0 Å². The summed E-state index contributed by atoms with van der Waals surface area (Å²) in [5.74, 6) is -3.36. The highest BCUT2D eigenvalue weighted by Gasteiger charge is 2.23. The molecule has 3 aromatic rings. The summed E-state index contributed by atoms with van der Waals surface area (Å²) in [6.07, 6.45) is 0.336. The third kappa shape index (κ3) is 2.67. The quantitative estimate of drug-likeness (QED) is 0.573. The average Bonchev–Trinajstić information content (AvgIpc) is 2.90. The number of aromatic carboxylic acids is 1. The number of hydrogen-bond donors (Lipinski definition) is 1. The molecule has 3 rings (SSSR count). The van der Waals surface area contributed by atoms with Gasteiger partial charge in [-0.3, -0.25) is 10.1 Å². The maximum atomic E-state index is 14.7. The normalized spacial score (nSPS) is 11.0. The maximum absolute atomic E-state index is 14.7. The van der Waals surface area contributed by atoms with Gasteiger partial charge in [0.25, 0.3) is 5.69 Å². The molecular weight excluding hydrogens is 338 g/mol. The number of fused-ring (bicyclic) bond motifs is 1. The number of nitro benzene ring substituents is 1. The summed E-state index contributed by atoms with van der Waals surface area (Å²) in [7, 11) is 0. The van der Waals surface area contributed by atoms with Crippen molar-refractivity contribution in [3.8, 4) is 11.3 Å². The van der Waals surface area contributed by atoms with E-state index in [4.69, 9.17) is 5.11 Å². The number of non-ortho nitro benzene ring substituents is 1. The molecule has 0 fully saturated rings. The summed E-state index contributed by atoms with van der Waals surface area (Å²) < 4.78 is 29.9. The van der Waals surface area contributed by atoms with E-state index in [1.54, 1.807) is 6.92 Å². The van der Waals surface area contributed by atoms with Crippen molar-refractivity contribution in [3.63, 3.8) is 0 Å². The molecule has 0 radical (unpaired) electrons. The second-order valence-electron chi connectivity index (χ2n) is 5.11. The zero-order valence-electron chi connectivity index (χ0n) is 12.7. The second-order valence-corrected chi connectivity index (χ2v) is 5.11. The molecule has 2 heterocycles. The van der Waals surface area contributed by atoms with Crippen molar-refractivity contribution >= 4 is 17.3 Å². The molecule has 1 N–H and O–H groups in total. The number of carboxylic acid groups (broad SMARTS) is 1. The molecule has 0 aliphatic rings. The third-order valence-corrected chi connectivity index (χ3v) is 3.61. The smallest absolute Gasteiger partial charge is 0.354 e. The van der Waals surface area contributed by atoms with E-state index in [1.165, 1.54) is 6.07 Å². The molecule has 0 unspecified atom stereocenters. The predicted octanol–water partition coefficient (Wildman–Crippen LogP) is 2.84. The second kappa shape index (κ2) is 5.89. The number of aromatic nitrogens is 3. The molecule has 0 saturated carbocycles. The number of aryl methyl sites for hydroxylation is 1. The molecular formula is C15H10F2N4O4. The Bertz CT molecular complexity index is 1030. The standard InChI is InChI=1S/C15H10F2N4O4/c1-2-7-6-11(15(22)23)18-14-12(17)13(19-20(7)14)9-4-3-8(21(24)25)5-10(9)16/h3-6H,2H2,1H3,(H,22,23). The first-order chi connectivity index (χ1) is 11.8. The lowest BCUT2D eigenvalue weighted by atomic mass is 10.1. The fourth-order valence-corrected chi connectivity index (χ4v) is 2.40. The zero-order chi connectivity index (χ0) is 18.3. The van der Waals surface area contributed by atoms with Gasteiger partial charge in [-0.1, -0.05) is 6.92 Å². The monoisotopic (exact) mass is 348 g/mol. The van der Waals surface area contributed by atoms with Crippen LogP contribution in [0, 0.1) is 21.7 Å². The number of carboxylic acids is 1. The number of nitrogens with zero attached hydrogens (tertiary/aromatic N) is 4. The first-order valence-corrected chi connectivity index (χ1v) is 7.09. The van der Waals surface area contributed by atoms with Gasteiger partial charge in [-0.25, -0.2) is 23.1 Å². The van der Waals surface area contributed by atoms with E-state index >= 15 is 0 Å². The van der Waals surface area contributed by atoms with Crippen LogP contribution in [0.4, 0.5) is 14.5 Å². The van der Waals surface area contributed by atoms with Gasteiger partial charge in [-0.2, -0.15) is 5.10 Å². The first kappa shape index (κ1) is 16.4. The van der Waals surface area contributed by atoms with Crippen LogP contribution in [-0.2, 0) is 6.42 Å². The predicted molar refractivity (Wildman–Crippen MR) is 81.3 cm³/mol. The molecule has 8 nitrogen and oxygen atoms in total. The lowest BCUT2D eigenvalue weighted by molar-refractivity contribution is -0.385. The van der Waals surface area contributed by atoms with Crippen molar-refractivity contribution in [2.24, 2.45) is 0 Å². The highest BCUT2D eigenvalue weighted by Crippen LogP contribution is 2.29. The summed E-state index contributed by atoms with van der Waals surface area (Å²) in [5.41, 5.74) is -1.52. The number of hydrogen-bond acceptors (Lipinski definition) is 5. The zero-order valence-corrected chi connectivity index (χ0v) is 12.7. The van der Waals surface area contributed by atoms with Crippen LogP contribution in [0.15, 0.2) is 24.3 Å². The van der Waals surface area contributed by atoms with Crippen LogP contribution >= 0.6 is 0 Å². The largest absolute Gasteiger partial charge is 0.477 e. The van der Waals surface area contributed by atoms with Crippen LogP contribution in [-0.4, -0.2) is 30.6 Å². The molecule has 0 atom stereocenters. The minimum Gasteiger partial charge on any atom is -0.477 e. The molecule has 0 saturated heterocycles. The SMILES string of the molecule is CCc1cc(C(=O)O)nc2c(F)c(-c3ccc([N+](=O)[O-])cc3F)nn12. The molecule has 0 aliphatic carbocycles. The van der Waals surface area contributed by atoms with Crippen LogP contribution < -0.4 is 0 Å². The van der Waals surface area contributed by atoms with Gasteiger partial charge >= 0.3 is 5.97 Å². The minimum absolute atomic E-state index is 0.285. The Balaban J connectivity index is 2.26. The van der Waals surface area contributed by atoms with E-state index in [-0.39, 0.29) is 16.9 Å². The lowest BCUT2D eigenvalue weighted by Gasteiger charge is -2.02. The van der Waals surface area contributed by atoms with Gasteiger partial charge < -0.3 is 5.11 Å². The molecule has 128 valence electrons. The van der Waals surface area contributed by atoms with Crippen LogP contribution in [0.2, 0.25) is 0 Å². The van der Waals surface area contributed by atoms with Crippen molar-refractivity contribution in [1.29, 1.82) is 0 Å². The van der Waals surface area contributed by atoms with Crippen LogP contribution in [0.1, 0.15) is 23.1 Å². The highest BCUT2D eigenvalue weighted by molar-refractivity contribution is 5.86. The Morgan fingerprint density at radius 1 is 1.36 bits per heavy atom. The van der Waals surface area contributed by atoms with Crippen molar-refractivity contribution in [3.05, 3.63) is 57.4 Å². The Labute approximate surface area is 138 Å². The van der Waals surface area contributed by atoms with Gasteiger partial charge in [0.15, 0.2) is 17.2 Å². The Kier molecular flexibility index (Phi) is 3.87. The number of benzene rings is 1. The van der Waals surface area contributed by atoms with Gasteiger partial charge in [0.1, 0.15) is 11.5 Å². The molecule has 0 spiro atoms. The topological polar surface area (TPSA) is 111 Å². The number of nitro groups is 1. The summed E-state index contributed by atoms with van der Waals surface area (Å²) in [4.78, 5) is 24.7. The molecule has 25 heavy (non-hydrogen) atoms. The van der Waals surface area contributed by atoms with E-state index in [9.17, 15) is 23.7 Å². The fraction of sp³-hybridized carbons (Fsp3) is 0.133. The number of rotatable bonds is 4. The van der Waals surface area contributed by atoms with Gasteiger partial charge in [0, 0.05) is 17.3 Å². The third-order valence-electron chi connectivity index (χ3n) is 3.61. The number of carbonyl (C=O) groups is 1.